The summed E-state index contributed by atoms with van der Waals surface area (Å²) in [5.74, 6) is -0.836. The number of benzene rings is 2. The third kappa shape index (κ3) is 4.60. The summed E-state index contributed by atoms with van der Waals surface area (Å²) in [5, 5.41) is 5.67. The third-order valence-corrected chi connectivity index (χ3v) is 4.91. The first kappa shape index (κ1) is 20.5. The van der Waals surface area contributed by atoms with Crippen LogP contribution in [0.5, 0.6) is 0 Å². The van der Waals surface area contributed by atoms with Crippen LogP contribution in [0.4, 0.5) is 5.69 Å². The number of rotatable bonds is 6. The quantitative estimate of drug-likeness (QED) is 0.716. The van der Waals surface area contributed by atoms with Crippen LogP contribution in [-0.4, -0.2) is 30.9 Å². The number of aliphatic imine (C=N–C) groups is 1. The highest BCUT2D eigenvalue weighted by atomic mass is 35.5. The minimum atomic E-state index is -0.396. The Hall–Kier alpha value is -3.25. The molecule has 0 bridgehead atoms. The lowest BCUT2D eigenvalue weighted by Gasteiger charge is -2.09. The van der Waals surface area contributed by atoms with Gasteiger partial charge in [0.05, 0.1) is 10.6 Å². The number of carbonyl (C=O) groups excluding carboxylic acids is 3. The Morgan fingerprint density at radius 2 is 1.79 bits per heavy atom. The van der Waals surface area contributed by atoms with E-state index in [9.17, 15) is 14.4 Å². The van der Waals surface area contributed by atoms with Gasteiger partial charge in [-0.05, 0) is 36.2 Å². The predicted molar refractivity (Wildman–Crippen MR) is 113 cm³/mol. The lowest BCUT2D eigenvalue weighted by molar-refractivity contribution is -0.118. The molecule has 1 aliphatic rings. The summed E-state index contributed by atoms with van der Waals surface area (Å²) in [4.78, 5) is 40.8. The topological polar surface area (TPSA) is 87.6 Å². The van der Waals surface area contributed by atoms with Gasteiger partial charge in [-0.2, -0.15) is 0 Å². The van der Waals surface area contributed by atoms with Crippen molar-refractivity contribution in [2.45, 2.75) is 19.8 Å². The molecule has 0 aliphatic carbocycles. The van der Waals surface area contributed by atoms with Gasteiger partial charge in [-0.3, -0.25) is 19.4 Å². The molecule has 29 heavy (non-hydrogen) atoms. The number of likely N-dealkylation sites (N-methyl/N-ethyl adjacent to an activating group) is 1. The zero-order valence-corrected chi connectivity index (χ0v) is 16.8. The van der Waals surface area contributed by atoms with Gasteiger partial charge in [0, 0.05) is 37.4 Å². The Bertz CT molecular complexity index is 1020. The van der Waals surface area contributed by atoms with Crippen molar-refractivity contribution in [2.75, 3.05) is 12.4 Å². The van der Waals surface area contributed by atoms with Crippen LogP contribution in [-0.2, 0) is 16.0 Å². The van der Waals surface area contributed by atoms with Crippen LogP contribution in [0.3, 0.4) is 0 Å². The molecule has 1 heterocycles. The number of ketones is 1. The monoisotopic (exact) mass is 409 g/mol. The van der Waals surface area contributed by atoms with Crippen LogP contribution in [0.25, 0.3) is 0 Å². The van der Waals surface area contributed by atoms with Crippen molar-refractivity contribution in [1.29, 1.82) is 0 Å². The van der Waals surface area contributed by atoms with Gasteiger partial charge in [0.15, 0.2) is 5.78 Å². The Kier molecular flexibility index (Phi) is 6.24. The van der Waals surface area contributed by atoms with Gasteiger partial charge in [-0.1, -0.05) is 35.9 Å². The van der Waals surface area contributed by atoms with E-state index in [1.54, 1.807) is 30.3 Å². The van der Waals surface area contributed by atoms with Gasteiger partial charge in [0.1, 0.15) is 5.70 Å². The zero-order valence-electron chi connectivity index (χ0n) is 16.1. The van der Waals surface area contributed by atoms with E-state index < -0.39 is 5.91 Å². The maximum Gasteiger partial charge on any atom is 0.270 e. The van der Waals surface area contributed by atoms with Crippen LogP contribution in [0, 0.1) is 6.92 Å². The average Bonchev–Trinajstić information content (AvgIpc) is 3.19. The molecule has 2 N–H and O–H groups in total. The molecule has 0 radical (unpaired) electrons. The number of carbonyl (C=O) groups is 3. The number of Topliss-reactive ketones (excluding diaryl/α,β-unsaturated/α-hetero) is 1. The van der Waals surface area contributed by atoms with Crippen molar-refractivity contribution in [3.8, 4) is 0 Å². The molecule has 0 saturated carbocycles. The van der Waals surface area contributed by atoms with Gasteiger partial charge in [-0.25, -0.2) is 0 Å². The number of amides is 2. The van der Waals surface area contributed by atoms with Crippen molar-refractivity contribution in [2.24, 2.45) is 4.99 Å². The van der Waals surface area contributed by atoms with Gasteiger partial charge in [-0.15, -0.1) is 0 Å². The highest BCUT2D eigenvalue weighted by Crippen LogP contribution is 2.23. The maximum atomic E-state index is 12.6. The van der Waals surface area contributed by atoms with Gasteiger partial charge in [0.25, 0.3) is 11.8 Å². The lowest BCUT2D eigenvalue weighted by Crippen LogP contribution is -2.23. The second kappa shape index (κ2) is 8.84. The highest BCUT2D eigenvalue weighted by Gasteiger charge is 2.23. The lowest BCUT2D eigenvalue weighted by atomic mass is 9.99. The van der Waals surface area contributed by atoms with Gasteiger partial charge in [0.2, 0.25) is 0 Å². The third-order valence-electron chi connectivity index (χ3n) is 4.60. The van der Waals surface area contributed by atoms with E-state index in [4.69, 9.17) is 11.6 Å². The van der Waals surface area contributed by atoms with Crippen molar-refractivity contribution in [3.63, 3.8) is 0 Å². The van der Waals surface area contributed by atoms with Crippen LogP contribution in [0.2, 0.25) is 5.02 Å². The van der Waals surface area contributed by atoms with E-state index in [2.05, 4.69) is 15.6 Å². The molecule has 148 valence electrons. The number of anilines is 1. The SMILES string of the molecule is CNC(=O)C1=C(C(=O)Nc2ccc(CC(=O)c3c(C)cccc3Cl)cc2)CC=N1. The van der Waals surface area contributed by atoms with E-state index in [0.717, 1.165) is 11.1 Å². The minimum absolute atomic E-state index is 0.0617. The molecule has 3 rings (SSSR count). The number of hydrogen-bond donors (Lipinski definition) is 2. The van der Waals surface area contributed by atoms with Crippen LogP contribution < -0.4 is 10.6 Å². The van der Waals surface area contributed by atoms with Crippen molar-refractivity contribution < 1.29 is 14.4 Å². The smallest absolute Gasteiger partial charge is 0.270 e. The van der Waals surface area contributed by atoms with Gasteiger partial charge >= 0.3 is 0 Å². The highest BCUT2D eigenvalue weighted by molar-refractivity contribution is 6.34. The fourth-order valence-electron chi connectivity index (χ4n) is 3.09. The molecule has 2 aromatic carbocycles. The second-order valence-corrected chi connectivity index (χ2v) is 7.01. The Balaban J connectivity index is 1.69. The fraction of sp³-hybridized carbons (Fsp3) is 0.182. The van der Waals surface area contributed by atoms with E-state index in [0.29, 0.717) is 28.3 Å². The summed E-state index contributed by atoms with van der Waals surface area (Å²) in [6, 6.07) is 12.4. The first-order valence-corrected chi connectivity index (χ1v) is 9.45. The summed E-state index contributed by atoms with van der Waals surface area (Å²) >= 11 is 6.17. The number of aryl methyl sites for hydroxylation is 1. The summed E-state index contributed by atoms with van der Waals surface area (Å²) in [5.41, 5.74) is 3.18. The molecule has 0 aromatic heterocycles. The Morgan fingerprint density at radius 3 is 2.45 bits per heavy atom. The average molecular weight is 410 g/mol. The van der Waals surface area contributed by atoms with E-state index in [1.807, 2.05) is 19.1 Å². The molecule has 0 saturated heterocycles. The van der Waals surface area contributed by atoms with E-state index in [1.165, 1.54) is 13.3 Å². The first-order chi connectivity index (χ1) is 13.9. The maximum absolute atomic E-state index is 12.6. The molecule has 1 aliphatic heterocycles. The molecule has 6 nitrogen and oxygen atoms in total. The number of hydrogen-bond acceptors (Lipinski definition) is 4. The standard InChI is InChI=1S/C22H20ClN3O3/c1-13-4-3-5-17(23)19(13)18(27)12-14-6-8-15(9-7-14)26-21(28)16-10-11-25-20(16)22(29)24-2/h3-9,11H,10,12H2,1-2H3,(H,24,29)(H,26,28). The van der Waals surface area contributed by atoms with Crippen LogP contribution >= 0.6 is 11.6 Å². The number of nitrogens with one attached hydrogen (secondary N) is 2. The molecular weight excluding hydrogens is 390 g/mol. The van der Waals surface area contributed by atoms with Crippen molar-refractivity contribution >= 4 is 41.1 Å². The van der Waals surface area contributed by atoms with E-state index in [-0.39, 0.29) is 23.8 Å². The summed E-state index contributed by atoms with van der Waals surface area (Å²) in [6.45, 7) is 1.85. The molecular formula is C22H20ClN3O3. The van der Waals surface area contributed by atoms with Crippen LogP contribution in [0.1, 0.15) is 27.9 Å². The van der Waals surface area contributed by atoms with Crippen molar-refractivity contribution in [1.82, 2.24) is 5.32 Å². The summed E-state index contributed by atoms with van der Waals surface area (Å²) in [7, 11) is 1.49. The summed E-state index contributed by atoms with van der Waals surface area (Å²) < 4.78 is 0. The second-order valence-electron chi connectivity index (χ2n) is 6.60. The van der Waals surface area contributed by atoms with Crippen molar-refractivity contribution in [3.05, 3.63) is 75.4 Å². The molecule has 2 aromatic rings. The number of nitrogens with zero attached hydrogens (tertiary/aromatic N) is 1. The largest absolute Gasteiger partial charge is 0.354 e. The summed E-state index contributed by atoms with van der Waals surface area (Å²) in [6.07, 6.45) is 2.04. The molecule has 2 amide bonds. The predicted octanol–water partition coefficient (Wildman–Crippen LogP) is 3.49. The fourth-order valence-corrected chi connectivity index (χ4v) is 3.42. The molecule has 7 heteroatoms. The van der Waals surface area contributed by atoms with Gasteiger partial charge < -0.3 is 10.6 Å². The molecule has 0 atom stereocenters. The Labute approximate surface area is 173 Å². The molecule has 0 fully saturated rings. The van der Waals surface area contributed by atoms with Crippen LogP contribution in [0.15, 0.2) is 58.7 Å². The molecule has 0 unspecified atom stereocenters. The zero-order chi connectivity index (χ0) is 21.0. The minimum Gasteiger partial charge on any atom is -0.354 e. The van der Waals surface area contributed by atoms with E-state index >= 15 is 0 Å². The number of halogens is 1. The normalized spacial score (nSPS) is 12.8. The first-order valence-electron chi connectivity index (χ1n) is 9.07. The Morgan fingerprint density at radius 1 is 1.07 bits per heavy atom. The molecule has 0 spiro atoms.